The van der Waals surface area contributed by atoms with Crippen molar-refractivity contribution >= 4 is 11.8 Å². The first-order chi connectivity index (χ1) is 11.5. The van der Waals surface area contributed by atoms with Gasteiger partial charge in [0.1, 0.15) is 24.6 Å². The molecule has 1 fully saturated rings. The number of carbonyl (C=O) groups excluding carboxylic acids is 2. The van der Waals surface area contributed by atoms with E-state index in [1.54, 1.807) is 6.92 Å². The topological polar surface area (TPSA) is 119 Å². The van der Waals surface area contributed by atoms with Crippen molar-refractivity contribution in [3.63, 3.8) is 0 Å². The second kappa shape index (κ2) is 8.98. The molecule has 0 aromatic rings. The van der Waals surface area contributed by atoms with Gasteiger partial charge in [0.25, 0.3) is 0 Å². The summed E-state index contributed by atoms with van der Waals surface area (Å²) in [6.07, 6.45) is -6.49. The van der Waals surface area contributed by atoms with E-state index in [0.29, 0.717) is 6.42 Å². The van der Waals surface area contributed by atoms with Gasteiger partial charge in [0.05, 0.1) is 6.10 Å². The average Bonchev–Trinajstić information content (AvgIpc) is 2.52. The van der Waals surface area contributed by atoms with Gasteiger partial charge in [0, 0.05) is 24.8 Å². The minimum absolute atomic E-state index is 0.145. The third-order valence-corrected chi connectivity index (χ3v) is 4.24. The third kappa shape index (κ3) is 5.67. The molecule has 1 saturated heterocycles. The molecule has 4 N–H and O–H groups in total. The number of hydrogen-bond acceptors (Lipinski definition) is 7. The molecule has 1 aliphatic heterocycles. The van der Waals surface area contributed by atoms with Crippen molar-refractivity contribution in [3.8, 4) is 0 Å². The summed E-state index contributed by atoms with van der Waals surface area (Å²) in [5, 5.41) is 20.3. The van der Waals surface area contributed by atoms with Gasteiger partial charge in [0.2, 0.25) is 5.85 Å². The van der Waals surface area contributed by atoms with Crippen LogP contribution in [0.15, 0.2) is 0 Å². The van der Waals surface area contributed by atoms with Crippen LogP contribution in [0, 0.1) is 5.92 Å². The number of alkyl halides is 2. The van der Waals surface area contributed by atoms with Gasteiger partial charge in [-0.3, -0.25) is 4.79 Å². The lowest BCUT2D eigenvalue weighted by atomic mass is 9.79. The van der Waals surface area contributed by atoms with Crippen LogP contribution < -0.4 is 5.73 Å². The molecule has 0 saturated carbocycles. The quantitative estimate of drug-likeness (QED) is 0.531. The summed E-state index contributed by atoms with van der Waals surface area (Å²) in [4.78, 5) is 22.7. The Balaban J connectivity index is 2.87. The van der Waals surface area contributed by atoms with Crippen molar-refractivity contribution in [2.75, 3.05) is 6.61 Å². The van der Waals surface area contributed by atoms with Gasteiger partial charge < -0.3 is 30.2 Å². The Morgan fingerprint density at radius 2 is 2.00 bits per heavy atom. The zero-order valence-electron chi connectivity index (χ0n) is 14.7. The molecule has 146 valence electrons. The molecule has 2 unspecified atom stereocenters. The number of Topliss-reactive ketones (excluding diaryl/α,β-unsaturated/α-hetero) is 1. The van der Waals surface area contributed by atoms with E-state index in [9.17, 15) is 28.6 Å². The van der Waals surface area contributed by atoms with E-state index in [2.05, 4.69) is 0 Å². The molecule has 0 amide bonds. The summed E-state index contributed by atoms with van der Waals surface area (Å²) < 4.78 is 38.1. The van der Waals surface area contributed by atoms with Gasteiger partial charge >= 0.3 is 5.97 Å². The molecule has 0 aliphatic carbocycles. The normalized spacial score (nSPS) is 35.0. The molecule has 1 rings (SSSR count). The molecule has 0 aromatic carbocycles. The molecule has 0 radical (unpaired) electrons. The van der Waals surface area contributed by atoms with Gasteiger partial charge in [-0.05, 0) is 20.3 Å². The zero-order valence-corrected chi connectivity index (χ0v) is 14.7. The van der Waals surface area contributed by atoms with Gasteiger partial charge in [-0.1, -0.05) is 6.92 Å². The molecule has 7 atom stereocenters. The van der Waals surface area contributed by atoms with Crippen LogP contribution in [-0.4, -0.2) is 65.0 Å². The Morgan fingerprint density at radius 1 is 1.40 bits per heavy atom. The second-order valence-electron chi connectivity index (χ2n) is 6.61. The van der Waals surface area contributed by atoms with E-state index in [1.807, 2.05) is 0 Å². The predicted molar refractivity (Wildman–Crippen MR) is 83.9 cm³/mol. The summed E-state index contributed by atoms with van der Waals surface area (Å²) in [7, 11) is 0. The van der Waals surface area contributed by atoms with Gasteiger partial charge in [-0.25, -0.2) is 8.78 Å². The fourth-order valence-corrected chi connectivity index (χ4v) is 2.88. The van der Waals surface area contributed by atoms with E-state index in [1.165, 1.54) is 6.92 Å². The lowest BCUT2D eigenvalue weighted by molar-refractivity contribution is -0.281. The molecule has 7 nitrogen and oxygen atoms in total. The molecule has 0 spiro atoms. The number of esters is 1. The number of rotatable bonds is 8. The van der Waals surface area contributed by atoms with Crippen LogP contribution in [0.4, 0.5) is 8.78 Å². The molecule has 1 heterocycles. The van der Waals surface area contributed by atoms with Crippen LogP contribution in [0.2, 0.25) is 0 Å². The van der Waals surface area contributed by atoms with E-state index in [0.717, 1.165) is 6.92 Å². The van der Waals surface area contributed by atoms with Gasteiger partial charge in [0.15, 0.2) is 6.17 Å². The summed E-state index contributed by atoms with van der Waals surface area (Å²) in [5.74, 6) is -4.72. The summed E-state index contributed by atoms with van der Waals surface area (Å²) in [6.45, 7) is 3.31. The highest BCUT2D eigenvalue weighted by Gasteiger charge is 2.54. The monoisotopic (exact) mass is 367 g/mol. The third-order valence-electron chi connectivity index (χ3n) is 4.24. The molecule has 0 aromatic heterocycles. The van der Waals surface area contributed by atoms with Crippen molar-refractivity contribution < 1.29 is 38.1 Å². The Bertz CT molecular complexity index is 476. The van der Waals surface area contributed by atoms with Crippen molar-refractivity contribution in [1.29, 1.82) is 0 Å². The molecule has 0 bridgehead atoms. The predicted octanol–water partition coefficient (Wildman–Crippen LogP) is 0.397. The molecule has 25 heavy (non-hydrogen) atoms. The number of halogens is 2. The van der Waals surface area contributed by atoms with Crippen molar-refractivity contribution in [3.05, 3.63) is 0 Å². The first-order valence-electron chi connectivity index (χ1n) is 8.28. The lowest BCUT2D eigenvalue weighted by Gasteiger charge is -2.46. The number of aliphatic hydroxyl groups excluding tert-OH is 2. The largest absolute Gasteiger partial charge is 0.463 e. The lowest BCUT2D eigenvalue weighted by Crippen LogP contribution is -2.64. The highest BCUT2D eigenvalue weighted by Crippen LogP contribution is 2.38. The molecule has 9 heteroatoms. The maximum Gasteiger partial charge on any atom is 0.305 e. The van der Waals surface area contributed by atoms with Crippen LogP contribution in [0.1, 0.15) is 40.0 Å². The zero-order chi connectivity index (χ0) is 19.4. The van der Waals surface area contributed by atoms with E-state index < -0.39 is 54.9 Å². The summed E-state index contributed by atoms with van der Waals surface area (Å²) in [6, 6.07) is -1.40. The second-order valence-corrected chi connectivity index (χ2v) is 6.61. The van der Waals surface area contributed by atoms with Crippen LogP contribution >= 0.6 is 0 Å². The number of nitrogens with two attached hydrogens (primary N) is 1. The summed E-state index contributed by atoms with van der Waals surface area (Å²) in [5.41, 5.74) is 5.71. The first-order valence-corrected chi connectivity index (χ1v) is 8.28. The SMILES string of the molecule is CCCC(=O)OC[C@@H](O)[C@@H](O)C1O[C@](C)(F)C(F)[C@@H](N)[C@H]1CC(C)=O. The maximum absolute atomic E-state index is 14.3. The number of aliphatic hydroxyl groups is 2. The minimum Gasteiger partial charge on any atom is -0.463 e. The van der Waals surface area contributed by atoms with Gasteiger partial charge in [-0.15, -0.1) is 0 Å². The van der Waals surface area contributed by atoms with Crippen LogP contribution in [0.5, 0.6) is 0 Å². The standard InChI is InChI=1S/C16H27F2NO6/c1-4-5-11(22)24-7-10(21)13(23)14-9(6-8(2)20)12(19)15(17)16(3,18)25-14/h9-10,12-15,21,23H,4-7,19H2,1-3H3/t9-,10-,12+,13-,14?,15?,16+/m1/s1. The van der Waals surface area contributed by atoms with Crippen LogP contribution in [0.25, 0.3) is 0 Å². The molecular weight excluding hydrogens is 340 g/mol. The van der Waals surface area contributed by atoms with Crippen molar-refractivity contribution in [2.24, 2.45) is 11.7 Å². The Morgan fingerprint density at radius 3 is 2.52 bits per heavy atom. The van der Waals surface area contributed by atoms with Crippen molar-refractivity contribution in [1.82, 2.24) is 0 Å². The highest BCUT2D eigenvalue weighted by molar-refractivity contribution is 5.76. The van der Waals surface area contributed by atoms with Crippen molar-refractivity contribution in [2.45, 2.75) is 76.4 Å². The van der Waals surface area contributed by atoms with E-state index in [4.69, 9.17) is 15.2 Å². The minimum atomic E-state index is -2.78. The fourth-order valence-electron chi connectivity index (χ4n) is 2.88. The number of ketones is 1. The first kappa shape index (κ1) is 21.9. The smallest absolute Gasteiger partial charge is 0.305 e. The highest BCUT2D eigenvalue weighted by atomic mass is 19.2. The maximum atomic E-state index is 14.3. The van der Waals surface area contributed by atoms with E-state index in [-0.39, 0.29) is 18.6 Å². The average molecular weight is 367 g/mol. The molecular formula is C16H27F2NO6. The van der Waals surface area contributed by atoms with E-state index >= 15 is 0 Å². The van der Waals surface area contributed by atoms with Crippen LogP contribution in [-0.2, 0) is 19.1 Å². The Kier molecular flexibility index (Phi) is 7.86. The summed E-state index contributed by atoms with van der Waals surface area (Å²) >= 11 is 0. The fraction of sp³-hybridized carbons (Fsp3) is 0.875. The molecule has 1 aliphatic rings. The number of carbonyl (C=O) groups is 2. The van der Waals surface area contributed by atoms with Gasteiger partial charge in [-0.2, -0.15) is 0 Å². The Hall–Kier alpha value is -1.16. The Labute approximate surface area is 145 Å². The number of ether oxygens (including phenoxy) is 2. The van der Waals surface area contributed by atoms with Crippen LogP contribution in [0.3, 0.4) is 0 Å². The number of hydrogen-bond donors (Lipinski definition) is 3.